The molecule has 3 heterocycles. The number of esters is 1. The molecule has 2 bridgehead atoms. The predicted molar refractivity (Wildman–Crippen MR) is 142 cm³/mol. The van der Waals surface area contributed by atoms with Crippen molar-refractivity contribution in [2.75, 3.05) is 26.3 Å². The van der Waals surface area contributed by atoms with E-state index in [2.05, 4.69) is 29.1 Å². The van der Waals surface area contributed by atoms with Crippen LogP contribution in [0.1, 0.15) is 31.2 Å². The smallest absolute Gasteiger partial charge is 0.312 e. The van der Waals surface area contributed by atoms with Crippen LogP contribution < -0.4 is 0 Å². The number of benzene rings is 1. The van der Waals surface area contributed by atoms with Crippen LogP contribution >= 0.6 is 15.9 Å². The van der Waals surface area contributed by atoms with Gasteiger partial charge in [-0.25, -0.2) is 0 Å². The lowest BCUT2D eigenvalue weighted by molar-refractivity contribution is -0.155. The Morgan fingerprint density at radius 1 is 1.24 bits per heavy atom. The minimum atomic E-state index is -1.18. The van der Waals surface area contributed by atoms with Gasteiger partial charge in [-0.1, -0.05) is 58.4 Å². The Balaban J connectivity index is 1.62. The predicted octanol–water partition coefficient (Wildman–Crippen LogP) is 2.84. The fourth-order valence-corrected chi connectivity index (χ4v) is 6.99. The van der Waals surface area contributed by atoms with Crippen LogP contribution in [0.25, 0.3) is 0 Å². The number of hydrogen-bond donors (Lipinski definition) is 1. The van der Waals surface area contributed by atoms with Gasteiger partial charge in [0.15, 0.2) is 0 Å². The van der Waals surface area contributed by atoms with Crippen LogP contribution in [0.3, 0.4) is 0 Å². The molecule has 3 aliphatic heterocycles. The van der Waals surface area contributed by atoms with Gasteiger partial charge in [0.05, 0.1) is 31.2 Å². The number of alkyl halides is 1. The van der Waals surface area contributed by atoms with Crippen molar-refractivity contribution >= 4 is 33.7 Å². The quantitative estimate of drug-likeness (QED) is 0.168. The van der Waals surface area contributed by atoms with Crippen LogP contribution in [0, 0.1) is 11.8 Å². The van der Waals surface area contributed by atoms with Gasteiger partial charge in [0, 0.05) is 24.5 Å². The van der Waals surface area contributed by atoms with Crippen LogP contribution in [0.15, 0.2) is 55.6 Å². The molecule has 0 saturated carbocycles. The number of carbonyl (C=O) groups is 3. The summed E-state index contributed by atoms with van der Waals surface area (Å²) in [6.07, 6.45) is 5.70. The zero-order chi connectivity index (χ0) is 26.6. The summed E-state index contributed by atoms with van der Waals surface area (Å²) < 4.78 is 12.0. The van der Waals surface area contributed by atoms with Gasteiger partial charge >= 0.3 is 5.97 Å². The van der Waals surface area contributed by atoms with Gasteiger partial charge in [-0.3, -0.25) is 14.4 Å². The third-order valence-electron chi connectivity index (χ3n) is 7.56. The summed E-state index contributed by atoms with van der Waals surface area (Å²) >= 11 is 3.65. The fraction of sp³-hybridized carbons (Fsp3) is 0.536. The molecule has 37 heavy (non-hydrogen) atoms. The summed E-state index contributed by atoms with van der Waals surface area (Å²) in [5.74, 6) is -2.76. The Bertz CT molecular complexity index is 1020. The minimum absolute atomic E-state index is 0.0228. The van der Waals surface area contributed by atoms with Crippen LogP contribution in [-0.4, -0.2) is 81.6 Å². The summed E-state index contributed by atoms with van der Waals surface area (Å²) in [7, 11) is 0. The average molecular weight is 576 g/mol. The van der Waals surface area contributed by atoms with Gasteiger partial charge in [0.2, 0.25) is 11.8 Å². The van der Waals surface area contributed by atoms with Gasteiger partial charge in [0.25, 0.3) is 0 Å². The first-order valence-electron chi connectivity index (χ1n) is 12.8. The monoisotopic (exact) mass is 574 g/mol. The molecule has 3 unspecified atom stereocenters. The molecule has 9 heteroatoms. The number of hydrogen-bond acceptors (Lipinski definition) is 6. The SMILES string of the molecule is C=CCCCCOC(=O)[C@H]1[C@@H]2OC3(CC2Br)C(C(=O)N(CC=C)Cc2ccccc2)N(CCO)C(=O)[C@H]13. The number of ether oxygens (including phenoxy) is 2. The highest BCUT2D eigenvalue weighted by Gasteiger charge is 2.77. The topological polar surface area (TPSA) is 96.4 Å². The van der Waals surface area contributed by atoms with Gasteiger partial charge in [-0.2, -0.15) is 0 Å². The van der Waals surface area contributed by atoms with Crippen molar-refractivity contribution in [1.82, 2.24) is 9.80 Å². The maximum atomic E-state index is 14.1. The largest absolute Gasteiger partial charge is 0.465 e. The Kier molecular flexibility index (Phi) is 8.87. The molecule has 0 aromatic heterocycles. The number of nitrogens with zero attached hydrogens (tertiary/aromatic N) is 2. The number of carbonyl (C=O) groups excluding carboxylic acids is 3. The van der Waals surface area contributed by atoms with Crippen molar-refractivity contribution in [3.63, 3.8) is 0 Å². The summed E-state index contributed by atoms with van der Waals surface area (Å²) in [6, 6.07) is 8.62. The van der Waals surface area contributed by atoms with E-state index in [-0.39, 0.29) is 42.9 Å². The molecule has 3 saturated heterocycles. The standard InChI is InChI=1S/C28H35BrN2O6/c1-3-5-6-10-16-36-27(35)21-22-25(33)31(14-15-32)24(28(22)17-20(29)23(21)37-28)26(34)30(13-4-2)18-19-11-8-7-9-12-19/h3-4,7-9,11-12,20-24,32H,1-2,5-6,10,13-18H2/t20?,21-,22+,23-,24?,28?/m1/s1. The second-order valence-corrected chi connectivity index (χ2v) is 11.0. The number of likely N-dealkylation sites (tertiary alicyclic amines) is 1. The van der Waals surface area contributed by atoms with Crippen LogP contribution in [0.4, 0.5) is 0 Å². The van der Waals surface area contributed by atoms with E-state index in [4.69, 9.17) is 9.47 Å². The zero-order valence-electron chi connectivity index (χ0n) is 21.0. The number of aliphatic hydroxyl groups is 1. The lowest BCUT2D eigenvalue weighted by Crippen LogP contribution is -2.56. The van der Waals surface area contributed by atoms with Gasteiger partial charge in [-0.05, 0) is 31.2 Å². The summed E-state index contributed by atoms with van der Waals surface area (Å²) in [5.41, 5.74) is -0.233. The maximum absolute atomic E-state index is 14.1. The van der Waals surface area contributed by atoms with E-state index < -0.39 is 35.6 Å². The molecule has 6 atom stereocenters. The first kappa shape index (κ1) is 27.5. The van der Waals surface area contributed by atoms with Crippen molar-refractivity contribution in [2.45, 2.75) is 54.8 Å². The number of unbranched alkanes of at least 4 members (excludes halogenated alkanes) is 2. The fourth-order valence-electron chi connectivity index (χ4n) is 6.05. The van der Waals surface area contributed by atoms with Gasteiger partial charge in [-0.15, -0.1) is 13.2 Å². The number of allylic oxidation sites excluding steroid dienone is 1. The lowest BCUT2D eigenvalue weighted by atomic mass is 9.70. The molecule has 3 fully saturated rings. The van der Waals surface area contributed by atoms with Gasteiger partial charge in [0.1, 0.15) is 11.6 Å². The highest BCUT2D eigenvalue weighted by molar-refractivity contribution is 9.09. The number of rotatable bonds is 13. The number of halogens is 1. The van der Waals surface area contributed by atoms with E-state index in [1.165, 1.54) is 4.90 Å². The third kappa shape index (κ3) is 5.13. The molecule has 2 amide bonds. The second kappa shape index (κ2) is 11.9. The third-order valence-corrected chi connectivity index (χ3v) is 8.41. The summed E-state index contributed by atoms with van der Waals surface area (Å²) in [4.78, 5) is 44.0. The van der Waals surface area contributed by atoms with Crippen LogP contribution in [-0.2, 0) is 30.4 Å². The van der Waals surface area contributed by atoms with E-state index in [0.717, 1.165) is 18.4 Å². The molecule has 1 N–H and O–H groups in total. The Hall–Kier alpha value is -2.49. The molecular weight excluding hydrogens is 540 g/mol. The van der Waals surface area contributed by atoms with Crippen LogP contribution in [0.2, 0.25) is 0 Å². The molecule has 3 aliphatic rings. The minimum Gasteiger partial charge on any atom is -0.465 e. The first-order valence-corrected chi connectivity index (χ1v) is 13.8. The van der Waals surface area contributed by atoms with Crippen molar-refractivity contribution in [3.8, 4) is 0 Å². The van der Waals surface area contributed by atoms with Crippen molar-refractivity contribution < 1.29 is 29.0 Å². The molecule has 200 valence electrons. The van der Waals surface area contributed by atoms with E-state index in [0.29, 0.717) is 19.4 Å². The molecule has 0 aliphatic carbocycles. The summed E-state index contributed by atoms with van der Waals surface area (Å²) in [6.45, 7) is 8.05. The van der Waals surface area contributed by atoms with E-state index in [9.17, 15) is 19.5 Å². The van der Waals surface area contributed by atoms with E-state index >= 15 is 0 Å². The highest BCUT2D eigenvalue weighted by Crippen LogP contribution is 2.60. The van der Waals surface area contributed by atoms with Crippen molar-refractivity contribution in [3.05, 3.63) is 61.2 Å². The van der Waals surface area contributed by atoms with Gasteiger partial charge < -0.3 is 24.4 Å². The number of fused-ring (bicyclic) bond motifs is 1. The van der Waals surface area contributed by atoms with E-state index in [1.807, 2.05) is 36.4 Å². The molecule has 4 rings (SSSR count). The van der Waals surface area contributed by atoms with E-state index in [1.54, 1.807) is 11.0 Å². The molecule has 1 aromatic carbocycles. The zero-order valence-corrected chi connectivity index (χ0v) is 22.6. The molecular formula is C28H35BrN2O6. The number of aliphatic hydroxyl groups excluding tert-OH is 1. The van der Waals surface area contributed by atoms with Crippen molar-refractivity contribution in [2.24, 2.45) is 11.8 Å². The Labute approximate surface area is 226 Å². The average Bonchev–Trinajstić information content (AvgIpc) is 3.48. The van der Waals surface area contributed by atoms with Crippen LogP contribution in [0.5, 0.6) is 0 Å². The highest BCUT2D eigenvalue weighted by atomic mass is 79.9. The molecule has 1 aromatic rings. The Morgan fingerprint density at radius 2 is 2.00 bits per heavy atom. The first-order chi connectivity index (χ1) is 17.9. The molecule has 1 spiro atoms. The summed E-state index contributed by atoms with van der Waals surface area (Å²) in [5, 5.41) is 9.78. The normalized spacial score (nSPS) is 29.7. The van der Waals surface area contributed by atoms with Crippen molar-refractivity contribution in [1.29, 1.82) is 0 Å². The Morgan fingerprint density at radius 3 is 2.68 bits per heavy atom. The number of amides is 2. The molecule has 8 nitrogen and oxygen atoms in total. The number of β-amino-alcohol motifs (C(OH)–C–C–N with tert-alkyl or cyclic N) is 1. The lowest BCUT2D eigenvalue weighted by Gasteiger charge is -2.37. The second-order valence-electron chi connectivity index (χ2n) is 9.86. The maximum Gasteiger partial charge on any atom is 0.312 e. The molecule has 0 radical (unpaired) electrons.